The monoisotopic (exact) mass is 1100 g/mol. The first-order chi connectivity index (χ1) is 38.5. The van der Waals surface area contributed by atoms with E-state index in [9.17, 15) is 14.4 Å². The summed E-state index contributed by atoms with van der Waals surface area (Å²) in [6.07, 6.45) is 82.4. The molecule has 0 spiro atoms. The average molecular weight is 1100 g/mol. The summed E-state index contributed by atoms with van der Waals surface area (Å²) in [5.74, 6) is -0.836. The fourth-order valence-corrected chi connectivity index (χ4v) is 10.9. The van der Waals surface area contributed by atoms with E-state index >= 15 is 0 Å². The van der Waals surface area contributed by atoms with Gasteiger partial charge in [-0.15, -0.1) is 0 Å². The molecular weight excluding hydrogens is 961 g/mol. The van der Waals surface area contributed by atoms with Crippen molar-refractivity contribution in [2.24, 2.45) is 0 Å². The third-order valence-electron chi connectivity index (χ3n) is 16.2. The summed E-state index contributed by atoms with van der Waals surface area (Å²) in [6.45, 7) is 6.68. The summed E-state index contributed by atoms with van der Waals surface area (Å²) in [6, 6.07) is 0. The van der Waals surface area contributed by atoms with Crippen LogP contribution in [0.25, 0.3) is 0 Å². The molecule has 0 aromatic heterocycles. The quantitative estimate of drug-likeness (QED) is 0.0261. The molecule has 0 aromatic carbocycles. The van der Waals surface area contributed by atoms with E-state index in [4.69, 9.17) is 14.2 Å². The molecule has 6 nitrogen and oxygen atoms in total. The Morgan fingerprint density at radius 1 is 0.256 bits per heavy atom. The molecule has 6 heteroatoms. The van der Waals surface area contributed by atoms with Crippen molar-refractivity contribution in [1.82, 2.24) is 0 Å². The number of hydrogen-bond acceptors (Lipinski definition) is 6. The molecule has 0 bridgehead atoms. The Morgan fingerprint density at radius 2 is 0.462 bits per heavy atom. The van der Waals surface area contributed by atoms with Gasteiger partial charge in [-0.25, -0.2) is 0 Å². The van der Waals surface area contributed by atoms with E-state index in [1.807, 2.05) is 0 Å². The largest absolute Gasteiger partial charge is 0.462 e. The smallest absolute Gasteiger partial charge is 0.306 e. The van der Waals surface area contributed by atoms with Crippen molar-refractivity contribution in [2.75, 3.05) is 13.2 Å². The highest BCUT2D eigenvalue weighted by Crippen LogP contribution is 2.19. The number of carbonyl (C=O) groups excluding carboxylic acids is 3. The number of hydrogen-bond donors (Lipinski definition) is 0. The van der Waals surface area contributed by atoms with Crippen LogP contribution in [0.5, 0.6) is 0 Å². The van der Waals surface area contributed by atoms with Crippen molar-refractivity contribution in [3.8, 4) is 0 Å². The minimum absolute atomic E-state index is 0.0631. The van der Waals surface area contributed by atoms with Crippen LogP contribution in [-0.2, 0) is 28.6 Å². The second kappa shape index (κ2) is 67.4. The predicted octanol–water partition coefficient (Wildman–Crippen LogP) is 24.2. The minimum Gasteiger partial charge on any atom is -0.462 e. The third kappa shape index (κ3) is 64.7. The highest BCUT2D eigenvalue weighted by Gasteiger charge is 2.19. The maximum atomic E-state index is 12.9. The van der Waals surface area contributed by atoms with Crippen LogP contribution in [-0.4, -0.2) is 37.2 Å². The summed E-state index contributed by atoms with van der Waals surface area (Å²) in [4.78, 5) is 38.2. The summed E-state index contributed by atoms with van der Waals surface area (Å²) in [5.41, 5.74) is 0. The highest BCUT2D eigenvalue weighted by atomic mass is 16.6. The maximum Gasteiger partial charge on any atom is 0.306 e. The molecule has 0 heterocycles. The Kier molecular flexibility index (Phi) is 65.6. The first-order valence-corrected chi connectivity index (χ1v) is 35.3. The van der Waals surface area contributed by atoms with E-state index in [2.05, 4.69) is 45.1 Å². The van der Waals surface area contributed by atoms with Crippen molar-refractivity contribution in [3.63, 3.8) is 0 Å². The number of rotatable bonds is 66. The molecule has 1 atom stereocenters. The Hall–Kier alpha value is -2.11. The summed E-state index contributed by atoms with van der Waals surface area (Å²) in [5, 5.41) is 0. The molecule has 1 unspecified atom stereocenters. The fraction of sp³-hybridized carbons (Fsp3) is 0.903. The van der Waals surface area contributed by atoms with Gasteiger partial charge in [-0.1, -0.05) is 353 Å². The molecule has 0 aromatic rings. The van der Waals surface area contributed by atoms with Crippen LogP contribution in [0.2, 0.25) is 0 Å². The van der Waals surface area contributed by atoms with Gasteiger partial charge < -0.3 is 14.2 Å². The summed E-state index contributed by atoms with van der Waals surface area (Å²) < 4.78 is 16.9. The standard InChI is InChI=1S/C72H136O6/c1-4-7-10-13-16-19-21-23-25-27-28-29-30-31-32-33-34-35-36-37-38-39-40-41-42-43-44-45-47-48-50-53-56-59-62-65-71(74)77-68-69(67-76-70(73)64-61-58-55-52-18-15-12-9-6-3)78-72(75)66-63-60-57-54-51-49-46-26-24-22-20-17-14-11-8-5-2/h21,23,27-28,69H,4-20,22,24-26,29-68H2,1-3H3/b23-21-,28-27-. The van der Waals surface area contributed by atoms with E-state index in [1.54, 1.807) is 0 Å². The molecule has 0 saturated carbocycles. The van der Waals surface area contributed by atoms with E-state index in [-0.39, 0.29) is 31.1 Å². The number of esters is 3. The molecule has 78 heavy (non-hydrogen) atoms. The second-order valence-corrected chi connectivity index (χ2v) is 24.2. The number of unbranched alkanes of at least 4 members (excludes halogenated alkanes) is 51. The van der Waals surface area contributed by atoms with Gasteiger partial charge in [0.2, 0.25) is 0 Å². The minimum atomic E-state index is -0.764. The number of carbonyl (C=O) groups is 3. The molecule has 0 rings (SSSR count). The van der Waals surface area contributed by atoms with Gasteiger partial charge in [0.05, 0.1) is 0 Å². The number of allylic oxidation sites excluding steroid dienone is 4. The zero-order valence-corrected chi connectivity index (χ0v) is 53.0. The topological polar surface area (TPSA) is 78.9 Å². The lowest BCUT2D eigenvalue weighted by molar-refractivity contribution is -0.167. The van der Waals surface area contributed by atoms with Crippen LogP contribution in [0.15, 0.2) is 24.3 Å². The van der Waals surface area contributed by atoms with Crippen molar-refractivity contribution in [3.05, 3.63) is 24.3 Å². The molecule has 0 saturated heterocycles. The lowest BCUT2D eigenvalue weighted by Crippen LogP contribution is -2.30. The molecule has 460 valence electrons. The van der Waals surface area contributed by atoms with Crippen LogP contribution in [0.1, 0.15) is 400 Å². The molecular formula is C72H136O6. The van der Waals surface area contributed by atoms with Gasteiger partial charge in [0.15, 0.2) is 6.10 Å². The van der Waals surface area contributed by atoms with E-state index in [0.717, 1.165) is 64.2 Å². The van der Waals surface area contributed by atoms with Gasteiger partial charge in [0, 0.05) is 19.3 Å². The van der Waals surface area contributed by atoms with Crippen LogP contribution < -0.4 is 0 Å². The van der Waals surface area contributed by atoms with Crippen LogP contribution >= 0.6 is 0 Å². The first kappa shape index (κ1) is 75.9. The molecule has 0 N–H and O–H groups in total. The third-order valence-corrected chi connectivity index (χ3v) is 16.2. The van der Waals surface area contributed by atoms with Crippen molar-refractivity contribution in [1.29, 1.82) is 0 Å². The Balaban J connectivity index is 3.96. The Bertz CT molecular complexity index is 1260. The molecule has 0 fully saturated rings. The van der Waals surface area contributed by atoms with E-state index < -0.39 is 6.10 Å². The SMILES string of the molecule is CCCCCCC/C=C\C/C=C\CCCCCCCCCCCCCCCCCCCCCCCCCC(=O)OCC(COC(=O)CCCCCCCCCCC)OC(=O)CCCCCCCCCCCCCCCCCC. The van der Waals surface area contributed by atoms with Crippen molar-refractivity contribution < 1.29 is 28.6 Å². The van der Waals surface area contributed by atoms with Gasteiger partial charge in [-0.2, -0.15) is 0 Å². The second-order valence-electron chi connectivity index (χ2n) is 24.2. The van der Waals surface area contributed by atoms with Gasteiger partial charge in [-0.3, -0.25) is 14.4 Å². The normalized spacial score (nSPS) is 12.1. The predicted molar refractivity (Wildman–Crippen MR) is 340 cm³/mol. The van der Waals surface area contributed by atoms with Gasteiger partial charge in [0.25, 0.3) is 0 Å². The van der Waals surface area contributed by atoms with Crippen LogP contribution in [0, 0.1) is 0 Å². The van der Waals surface area contributed by atoms with Gasteiger partial charge in [0.1, 0.15) is 13.2 Å². The van der Waals surface area contributed by atoms with Gasteiger partial charge in [-0.05, 0) is 51.4 Å². The molecule has 0 aliphatic heterocycles. The molecule has 0 aliphatic carbocycles. The van der Waals surface area contributed by atoms with Crippen LogP contribution in [0.3, 0.4) is 0 Å². The number of ether oxygens (including phenoxy) is 3. The lowest BCUT2D eigenvalue weighted by atomic mass is 10.0. The van der Waals surface area contributed by atoms with E-state index in [1.165, 1.54) is 295 Å². The zero-order valence-electron chi connectivity index (χ0n) is 53.0. The zero-order chi connectivity index (χ0) is 56.4. The molecule has 0 aliphatic rings. The maximum absolute atomic E-state index is 12.9. The highest BCUT2D eigenvalue weighted by molar-refractivity contribution is 5.71. The van der Waals surface area contributed by atoms with Crippen molar-refractivity contribution >= 4 is 17.9 Å². The fourth-order valence-electron chi connectivity index (χ4n) is 10.9. The molecule has 0 radical (unpaired) electrons. The molecule has 0 amide bonds. The Labute approximate surface area is 487 Å². The summed E-state index contributed by atoms with van der Waals surface area (Å²) in [7, 11) is 0. The first-order valence-electron chi connectivity index (χ1n) is 35.3. The van der Waals surface area contributed by atoms with Gasteiger partial charge >= 0.3 is 17.9 Å². The van der Waals surface area contributed by atoms with E-state index in [0.29, 0.717) is 19.3 Å². The Morgan fingerprint density at radius 3 is 0.705 bits per heavy atom. The van der Waals surface area contributed by atoms with Crippen molar-refractivity contribution in [2.45, 2.75) is 406 Å². The lowest BCUT2D eigenvalue weighted by Gasteiger charge is -2.18. The average Bonchev–Trinajstić information content (AvgIpc) is 3.44. The van der Waals surface area contributed by atoms with Crippen LogP contribution in [0.4, 0.5) is 0 Å². The summed E-state index contributed by atoms with van der Waals surface area (Å²) >= 11 is 0.